The van der Waals surface area contributed by atoms with Crippen molar-refractivity contribution in [2.24, 2.45) is 92.7 Å². The number of allylic oxidation sites excluding steroid dienone is 2. The van der Waals surface area contributed by atoms with Crippen molar-refractivity contribution in [3.05, 3.63) is 23.3 Å². The molecular weight excluding hydrogens is 853 g/mol. The largest absolute Gasteiger partial charge is 0.372 e. The Labute approximate surface area is 435 Å². The zero-order chi connectivity index (χ0) is 50.3. The molecule has 0 aromatic rings. The van der Waals surface area contributed by atoms with E-state index >= 15 is 0 Å². The zero-order valence-electron chi connectivity index (χ0n) is 49.2. The molecule has 0 spiro atoms. The number of unbranched alkanes of at least 4 members (excludes halogenated alkanes) is 1. The minimum absolute atomic E-state index is 0.414. The lowest BCUT2D eigenvalue weighted by molar-refractivity contribution is -0.897. The van der Waals surface area contributed by atoms with Crippen molar-refractivity contribution < 1.29 is 18.4 Å². The summed E-state index contributed by atoms with van der Waals surface area (Å²) in [4.78, 5) is 0. The Morgan fingerprint density at radius 3 is 1.26 bits per heavy atom. The van der Waals surface area contributed by atoms with Crippen molar-refractivity contribution in [1.82, 2.24) is 0 Å². The number of rotatable bonds is 23. The lowest BCUT2D eigenvalue weighted by Crippen LogP contribution is -2.51. The Morgan fingerprint density at radius 2 is 0.871 bits per heavy atom. The molecule has 6 fully saturated rings. The van der Waals surface area contributed by atoms with Gasteiger partial charge in [0.25, 0.3) is 0 Å². The summed E-state index contributed by atoms with van der Waals surface area (Å²) in [5, 5.41) is 0. The van der Waals surface area contributed by atoms with Crippen LogP contribution in [0.3, 0.4) is 0 Å². The van der Waals surface area contributed by atoms with Crippen LogP contribution in [0.4, 0.5) is 0 Å². The first kappa shape index (κ1) is 55.5. The van der Waals surface area contributed by atoms with Gasteiger partial charge in [-0.05, 0) is 195 Å². The van der Waals surface area contributed by atoms with Gasteiger partial charge >= 0.3 is 0 Å². The van der Waals surface area contributed by atoms with Gasteiger partial charge in [0.2, 0.25) is 0 Å². The summed E-state index contributed by atoms with van der Waals surface area (Å²) in [6.45, 7) is 32.3. The molecule has 8 aliphatic carbocycles. The first-order chi connectivity index (χ1) is 33.1. The highest BCUT2D eigenvalue weighted by Crippen LogP contribution is 2.69. The van der Waals surface area contributed by atoms with Crippen molar-refractivity contribution in [1.29, 1.82) is 0 Å². The third-order valence-corrected chi connectivity index (χ3v) is 24.4. The Bertz CT molecular complexity index is 1630. The van der Waals surface area contributed by atoms with E-state index in [1.54, 1.807) is 11.1 Å². The standard InChI is InChI=1S/C66H118N2O2/c1-47(2)19-17-21-49(5)57-27-29-59-55-25-23-51-45-53(31-35-63(51,7)61(55)33-37-65(57,59)9)69-43-41-67(11,12)39-15-16-40-68(13,14)42-44-70-54-32-36-64(8)52(46-54)24-26-56-60-30-28-58(50(6)22-18-20-48(3)4)66(60,10)38-34-62(56)64/h23-24,47-50,53-62H,15-22,25-46H2,1-14H3/q+2/t49-,50-,53+,54+,55+,56+,57-,58-,59+,60+,61+,62+,63+,64+,65-,66-/m1/s1. The minimum atomic E-state index is 0.414. The van der Waals surface area contributed by atoms with Gasteiger partial charge in [-0.3, -0.25) is 0 Å². The number of fused-ring (bicyclic) bond motifs is 10. The lowest BCUT2D eigenvalue weighted by atomic mass is 9.47. The van der Waals surface area contributed by atoms with Crippen molar-refractivity contribution in [2.75, 3.05) is 67.6 Å². The molecule has 4 heteroatoms. The van der Waals surface area contributed by atoms with Crippen LogP contribution in [0.25, 0.3) is 0 Å². The summed E-state index contributed by atoms with van der Waals surface area (Å²) in [5.74, 6) is 10.9. The average Bonchev–Trinajstić information content (AvgIpc) is 3.84. The molecule has 0 saturated heterocycles. The highest BCUT2D eigenvalue weighted by atomic mass is 16.5. The molecule has 8 rings (SSSR count). The van der Waals surface area contributed by atoms with E-state index in [9.17, 15) is 0 Å². The average molecular weight is 972 g/mol. The lowest BCUT2D eigenvalue weighted by Gasteiger charge is -2.58. The van der Waals surface area contributed by atoms with Gasteiger partial charge in [-0.1, -0.05) is 131 Å². The number of hydrogen-bond acceptors (Lipinski definition) is 2. The van der Waals surface area contributed by atoms with Crippen molar-refractivity contribution in [3.8, 4) is 0 Å². The highest BCUT2D eigenvalue weighted by Gasteiger charge is 2.61. The molecule has 0 heterocycles. The van der Waals surface area contributed by atoms with Gasteiger partial charge < -0.3 is 18.4 Å². The minimum Gasteiger partial charge on any atom is -0.372 e. The monoisotopic (exact) mass is 971 g/mol. The first-order valence-corrected chi connectivity index (χ1v) is 31.3. The quantitative estimate of drug-likeness (QED) is 0.0577. The molecule has 6 saturated carbocycles. The number of hydrogen-bond donors (Lipinski definition) is 0. The predicted molar refractivity (Wildman–Crippen MR) is 298 cm³/mol. The Hall–Kier alpha value is -0.680. The molecule has 0 N–H and O–H groups in total. The summed E-state index contributed by atoms with van der Waals surface area (Å²) < 4.78 is 15.7. The fourth-order valence-electron chi connectivity index (χ4n) is 19.8. The second-order valence-corrected chi connectivity index (χ2v) is 30.5. The maximum absolute atomic E-state index is 6.80. The number of likely N-dealkylation sites (N-methyl/N-ethyl adjacent to an activating group) is 2. The van der Waals surface area contributed by atoms with Crippen LogP contribution in [-0.2, 0) is 9.47 Å². The highest BCUT2D eigenvalue weighted by molar-refractivity contribution is 5.27. The number of ether oxygens (including phenoxy) is 2. The first-order valence-electron chi connectivity index (χ1n) is 31.3. The van der Waals surface area contributed by atoms with Gasteiger partial charge in [-0.2, -0.15) is 0 Å². The Kier molecular flexibility index (Phi) is 17.9. The number of nitrogens with zero attached hydrogens (tertiary/aromatic N) is 2. The SMILES string of the molecule is CC(C)CCC[C@@H](C)[C@H]1CC[C@H]2[C@@H]3CC=C4C[C@@H](OCC[N+](C)(C)CCCC[N+](C)(C)CCO[C@H]5CC[C@@]6(C)C(=CC[C@H]7[C@@H]8CC[C@H]([C@H](C)CCCC(C)C)[C@@]8(C)CC[C@@H]76)C5)CC[C@]4(C)[C@H]3CC[C@]12C. The summed E-state index contributed by atoms with van der Waals surface area (Å²) in [6, 6.07) is 0. The second-order valence-electron chi connectivity index (χ2n) is 30.5. The molecule has 0 aliphatic heterocycles. The van der Waals surface area contributed by atoms with Crippen LogP contribution in [0.1, 0.15) is 223 Å². The third-order valence-electron chi connectivity index (χ3n) is 24.4. The molecule has 4 nitrogen and oxygen atoms in total. The van der Waals surface area contributed by atoms with Gasteiger partial charge in [0, 0.05) is 12.8 Å². The van der Waals surface area contributed by atoms with Crippen LogP contribution in [0.15, 0.2) is 23.3 Å². The van der Waals surface area contributed by atoms with E-state index < -0.39 is 0 Å². The maximum Gasteiger partial charge on any atom is 0.102 e. The van der Waals surface area contributed by atoms with Gasteiger partial charge in [0.1, 0.15) is 13.1 Å². The smallest absolute Gasteiger partial charge is 0.102 e. The summed E-state index contributed by atoms with van der Waals surface area (Å²) in [7, 11) is 9.77. The Morgan fingerprint density at radius 1 is 0.471 bits per heavy atom. The number of quaternary nitrogens is 2. The predicted octanol–water partition coefficient (Wildman–Crippen LogP) is 16.8. The van der Waals surface area contributed by atoms with Gasteiger partial charge in [0.05, 0.1) is 66.7 Å². The van der Waals surface area contributed by atoms with E-state index in [4.69, 9.17) is 9.47 Å². The molecule has 70 heavy (non-hydrogen) atoms. The molecule has 8 aliphatic rings. The molecule has 0 aromatic carbocycles. The van der Waals surface area contributed by atoms with Crippen molar-refractivity contribution >= 4 is 0 Å². The molecule has 0 radical (unpaired) electrons. The van der Waals surface area contributed by atoms with E-state index in [1.807, 2.05) is 0 Å². The van der Waals surface area contributed by atoms with E-state index in [0.29, 0.717) is 33.9 Å². The van der Waals surface area contributed by atoms with E-state index in [2.05, 4.69) is 110 Å². The van der Waals surface area contributed by atoms with Gasteiger partial charge in [0.15, 0.2) is 0 Å². The topological polar surface area (TPSA) is 18.5 Å². The third kappa shape index (κ3) is 11.8. The van der Waals surface area contributed by atoms with E-state index in [1.165, 1.54) is 167 Å². The molecule has 16 atom stereocenters. The van der Waals surface area contributed by atoms with E-state index in [0.717, 1.165) is 106 Å². The van der Waals surface area contributed by atoms with Gasteiger partial charge in [-0.15, -0.1) is 0 Å². The molecular formula is C66H118N2O2+2. The molecule has 0 unspecified atom stereocenters. The Balaban J connectivity index is 0.713. The fraction of sp³-hybridized carbons (Fsp3) is 0.939. The summed E-state index contributed by atoms with van der Waals surface area (Å²) in [6.07, 6.45) is 39.7. The molecule has 0 bridgehead atoms. The van der Waals surface area contributed by atoms with Crippen LogP contribution in [-0.4, -0.2) is 88.8 Å². The van der Waals surface area contributed by atoms with Gasteiger partial charge in [-0.25, -0.2) is 0 Å². The van der Waals surface area contributed by atoms with Crippen LogP contribution >= 0.6 is 0 Å². The maximum atomic E-state index is 6.80. The molecule has 402 valence electrons. The summed E-state index contributed by atoms with van der Waals surface area (Å²) >= 11 is 0. The fourth-order valence-corrected chi connectivity index (χ4v) is 19.8. The van der Waals surface area contributed by atoms with Crippen LogP contribution < -0.4 is 0 Å². The van der Waals surface area contributed by atoms with Crippen molar-refractivity contribution in [3.63, 3.8) is 0 Å². The van der Waals surface area contributed by atoms with Crippen LogP contribution in [0.5, 0.6) is 0 Å². The second kappa shape index (κ2) is 22.5. The normalized spacial score (nSPS) is 40.4. The molecule has 0 aromatic heterocycles. The van der Waals surface area contributed by atoms with Crippen LogP contribution in [0.2, 0.25) is 0 Å². The van der Waals surface area contributed by atoms with Crippen LogP contribution in [0, 0.1) is 92.7 Å². The zero-order valence-corrected chi connectivity index (χ0v) is 49.2. The van der Waals surface area contributed by atoms with Crippen molar-refractivity contribution in [2.45, 2.75) is 236 Å². The van der Waals surface area contributed by atoms with E-state index in [-0.39, 0.29) is 0 Å². The summed E-state index contributed by atoms with van der Waals surface area (Å²) in [5.41, 5.74) is 5.56. The molecule has 0 amide bonds.